The number of nitrogens with one attached hydrogen (secondary N) is 1. The average molecular weight is 213 g/mol. The number of hydrogen-bond donors (Lipinski definition) is 3. The molecule has 0 heterocycles. The van der Waals surface area contributed by atoms with Crippen molar-refractivity contribution in [3.63, 3.8) is 0 Å². The fourth-order valence-electron chi connectivity index (χ4n) is 1.11. The summed E-state index contributed by atoms with van der Waals surface area (Å²) in [5.41, 5.74) is 0.417. The van der Waals surface area contributed by atoms with Gasteiger partial charge in [0.15, 0.2) is 0 Å². The lowest BCUT2D eigenvalue weighted by molar-refractivity contribution is -0.136. The summed E-state index contributed by atoms with van der Waals surface area (Å²) in [7, 11) is 0. The van der Waals surface area contributed by atoms with Gasteiger partial charge in [-0.3, -0.25) is 4.79 Å². The van der Waals surface area contributed by atoms with Crippen LogP contribution in [0.15, 0.2) is 18.2 Å². The van der Waals surface area contributed by atoms with Crippen LogP contribution in [0.25, 0.3) is 0 Å². The molecule has 1 aromatic rings. The van der Waals surface area contributed by atoms with Crippen LogP contribution in [0.2, 0.25) is 0 Å². The van der Waals surface area contributed by atoms with Crippen molar-refractivity contribution in [2.75, 3.05) is 6.54 Å². The van der Waals surface area contributed by atoms with Crippen molar-refractivity contribution < 1.29 is 19.4 Å². The lowest BCUT2D eigenvalue weighted by Gasteiger charge is -2.05. The largest absolute Gasteiger partial charge is 0.508 e. The predicted molar refractivity (Wildman–Crippen MR) is 52.0 cm³/mol. The number of halogens is 1. The molecule has 5 heteroatoms. The molecule has 0 atom stereocenters. The third kappa shape index (κ3) is 3.95. The van der Waals surface area contributed by atoms with Crippen LogP contribution in [0.4, 0.5) is 4.39 Å². The molecule has 0 saturated carbocycles. The summed E-state index contributed by atoms with van der Waals surface area (Å²) in [6.45, 7) is 0.530. The Bertz CT molecular complexity index is 355. The van der Waals surface area contributed by atoms with E-state index >= 15 is 0 Å². The highest BCUT2D eigenvalue weighted by Crippen LogP contribution is 2.17. The second-order valence-electron chi connectivity index (χ2n) is 3.09. The highest BCUT2D eigenvalue weighted by molar-refractivity contribution is 5.66. The van der Waals surface area contributed by atoms with Gasteiger partial charge in [-0.25, -0.2) is 4.39 Å². The monoisotopic (exact) mass is 213 g/mol. The van der Waals surface area contributed by atoms with E-state index in [1.165, 1.54) is 12.1 Å². The summed E-state index contributed by atoms with van der Waals surface area (Å²) >= 11 is 0. The number of carbonyl (C=O) groups is 1. The Labute approximate surface area is 86.4 Å². The lowest BCUT2D eigenvalue weighted by Crippen LogP contribution is -2.17. The molecular formula is C10H12FNO3. The van der Waals surface area contributed by atoms with Crippen LogP contribution in [0.5, 0.6) is 5.75 Å². The van der Waals surface area contributed by atoms with Crippen LogP contribution in [0.3, 0.4) is 0 Å². The molecule has 0 amide bonds. The number of carboxylic acids is 1. The summed E-state index contributed by atoms with van der Waals surface area (Å²) in [4.78, 5) is 10.2. The van der Waals surface area contributed by atoms with Crippen molar-refractivity contribution in [3.05, 3.63) is 29.6 Å². The van der Waals surface area contributed by atoms with Gasteiger partial charge < -0.3 is 15.5 Å². The van der Waals surface area contributed by atoms with Gasteiger partial charge >= 0.3 is 5.97 Å². The van der Waals surface area contributed by atoms with Gasteiger partial charge in [0.25, 0.3) is 0 Å². The molecule has 0 spiro atoms. The third-order valence-corrected chi connectivity index (χ3v) is 1.87. The number of phenols is 1. The minimum Gasteiger partial charge on any atom is -0.508 e. The van der Waals surface area contributed by atoms with Gasteiger partial charge in [-0.15, -0.1) is 0 Å². The molecule has 0 unspecified atom stereocenters. The van der Waals surface area contributed by atoms with Gasteiger partial charge in [0.2, 0.25) is 0 Å². The number of phenolic OH excluding ortho intramolecular Hbond substituents is 1. The normalized spacial score (nSPS) is 10.2. The van der Waals surface area contributed by atoms with E-state index in [1.807, 2.05) is 0 Å². The summed E-state index contributed by atoms with van der Waals surface area (Å²) < 4.78 is 12.8. The Morgan fingerprint density at radius 2 is 2.20 bits per heavy atom. The van der Waals surface area contributed by atoms with E-state index in [9.17, 15) is 14.3 Å². The highest BCUT2D eigenvalue weighted by Gasteiger charge is 2.02. The fraction of sp³-hybridized carbons (Fsp3) is 0.300. The maximum absolute atomic E-state index is 12.8. The Hall–Kier alpha value is -1.62. The van der Waals surface area contributed by atoms with Crippen molar-refractivity contribution in [2.24, 2.45) is 0 Å². The molecule has 0 aliphatic heterocycles. The molecule has 1 rings (SSSR count). The first-order chi connectivity index (χ1) is 7.09. The van der Waals surface area contributed by atoms with E-state index in [1.54, 1.807) is 0 Å². The summed E-state index contributed by atoms with van der Waals surface area (Å²) in [5.74, 6) is -1.33. The van der Waals surface area contributed by atoms with Crippen LogP contribution in [-0.4, -0.2) is 22.7 Å². The van der Waals surface area contributed by atoms with Gasteiger partial charge in [0, 0.05) is 18.7 Å². The quantitative estimate of drug-likeness (QED) is 0.640. The van der Waals surface area contributed by atoms with E-state index in [2.05, 4.69) is 5.32 Å². The van der Waals surface area contributed by atoms with Crippen molar-refractivity contribution in [1.29, 1.82) is 0 Å². The van der Waals surface area contributed by atoms with Gasteiger partial charge in [-0.2, -0.15) is 0 Å². The molecule has 0 radical (unpaired) electrons. The zero-order valence-electron chi connectivity index (χ0n) is 8.03. The standard InChI is InChI=1S/C10H12FNO3/c11-8-1-2-9(13)7(5-8)6-12-4-3-10(14)15/h1-2,5,12-13H,3-4,6H2,(H,14,15). The zero-order valence-corrected chi connectivity index (χ0v) is 8.03. The SMILES string of the molecule is O=C(O)CCNCc1cc(F)ccc1O. The molecule has 82 valence electrons. The van der Waals surface area contributed by atoms with Crippen LogP contribution >= 0.6 is 0 Å². The second-order valence-corrected chi connectivity index (χ2v) is 3.09. The first kappa shape index (κ1) is 11.5. The predicted octanol–water partition coefficient (Wildman–Crippen LogP) is 1.10. The lowest BCUT2D eigenvalue weighted by atomic mass is 10.2. The Kier molecular flexibility index (Phi) is 4.05. The van der Waals surface area contributed by atoms with Gasteiger partial charge in [0.1, 0.15) is 11.6 Å². The number of aromatic hydroxyl groups is 1. The van der Waals surface area contributed by atoms with Crippen LogP contribution in [-0.2, 0) is 11.3 Å². The molecule has 4 nitrogen and oxygen atoms in total. The minimum absolute atomic E-state index is 0.000718. The maximum atomic E-state index is 12.8. The molecule has 1 aromatic carbocycles. The third-order valence-electron chi connectivity index (χ3n) is 1.87. The minimum atomic E-state index is -0.897. The second kappa shape index (κ2) is 5.31. The smallest absolute Gasteiger partial charge is 0.304 e. The number of aliphatic carboxylic acids is 1. The molecule has 0 aliphatic carbocycles. The van der Waals surface area contributed by atoms with Crippen molar-refractivity contribution in [2.45, 2.75) is 13.0 Å². The van der Waals surface area contributed by atoms with Crippen LogP contribution in [0.1, 0.15) is 12.0 Å². The Balaban J connectivity index is 2.43. The molecule has 0 saturated heterocycles. The summed E-state index contributed by atoms with van der Waals surface area (Å²) in [6, 6.07) is 3.64. The van der Waals surface area contributed by atoms with E-state index in [0.717, 1.165) is 6.07 Å². The van der Waals surface area contributed by atoms with Gasteiger partial charge in [-0.05, 0) is 18.2 Å². The van der Waals surface area contributed by atoms with Crippen molar-refractivity contribution >= 4 is 5.97 Å². The van der Waals surface area contributed by atoms with Gasteiger partial charge in [0.05, 0.1) is 6.42 Å². The van der Waals surface area contributed by atoms with Crippen LogP contribution in [0, 0.1) is 5.82 Å². The van der Waals surface area contributed by atoms with Crippen molar-refractivity contribution in [3.8, 4) is 5.75 Å². The topological polar surface area (TPSA) is 69.6 Å². The summed E-state index contributed by atoms with van der Waals surface area (Å²) in [6.07, 6.45) is -0.00389. The van der Waals surface area contributed by atoms with E-state index in [0.29, 0.717) is 5.56 Å². The highest BCUT2D eigenvalue weighted by atomic mass is 19.1. The summed E-state index contributed by atoms with van der Waals surface area (Å²) in [5, 5.41) is 20.5. The molecule has 15 heavy (non-hydrogen) atoms. The molecule has 0 aliphatic rings. The van der Waals surface area contributed by atoms with Gasteiger partial charge in [-0.1, -0.05) is 0 Å². The Morgan fingerprint density at radius 1 is 1.47 bits per heavy atom. The van der Waals surface area contributed by atoms with E-state index < -0.39 is 11.8 Å². The first-order valence-electron chi connectivity index (χ1n) is 4.49. The van der Waals surface area contributed by atoms with Crippen LogP contribution < -0.4 is 5.32 Å². The Morgan fingerprint density at radius 3 is 2.87 bits per heavy atom. The van der Waals surface area contributed by atoms with E-state index in [-0.39, 0.29) is 25.3 Å². The molecular weight excluding hydrogens is 201 g/mol. The molecule has 0 fully saturated rings. The average Bonchev–Trinajstić information content (AvgIpc) is 2.17. The molecule has 0 aromatic heterocycles. The molecule has 3 N–H and O–H groups in total. The van der Waals surface area contributed by atoms with Crippen molar-refractivity contribution in [1.82, 2.24) is 5.32 Å². The van der Waals surface area contributed by atoms with E-state index in [4.69, 9.17) is 5.11 Å². The zero-order chi connectivity index (χ0) is 11.3. The fourth-order valence-corrected chi connectivity index (χ4v) is 1.11. The number of hydrogen-bond acceptors (Lipinski definition) is 3. The molecule has 0 bridgehead atoms. The number of benzene rings is 1. The number of carboxylic acid groups (broad SMARTS) is 1. The number of rotatable bonds is 5. The first-order valence-corrected chi connectivity index (χ1v) is 4.49. The maximum Gasteiger partial charge on any atom is 0.304 e.